The van der Waals surface area contributed by atoms with Crippen LogP contribution < -0.4 is 4.72 Å². The van der Waals surface area contributed by atoms with Gasteiger partial charge in [-0.2, -0.15) is 0 Å². The van der Waals surface area contributed by atoms with Gasteiger partial charge in [-0.1, -0.05) is 24.1 Å². The van der Waals surface area contributed by atoms with Crippen molar-refractivity contribution in [2.24, 2.45) is 0 Å². The average Bonchev–Trinajstić information content (AvgIpc) is 2.38. The normalized spacial score (nSPS) is 12.0. The minimum atomic E-state index is -2.31. The van der Waals surface area contributed by atoms with Gasteiger partial charge in [-0.3, -0.25) is 0 Å². The highest BCUT2D eigenvalue weighted by molar-refractivity contribution is 7.99. The predicted octanol–water partition coefficient (Wildman–Crippen LogP) is 2.64. The van der Waals surface area contributed by atoms with E-state index in [0.29, 0.717) is 5.56 Å². The zero-order chi connectivity index (χ0) is 17.0. The molecule has 7 heteroatoms. The molecule has 0 radical (unpaired) electrons. The van der Waals surface area contributed by atoms with E-state index in [1.165, 1.54) is 11.9 Å². The molecular formula is C15H21NO5S. The molecule has 0 saturated heterocycles. The van der Waals surface area contributed by atoms with Gasteiger partial charge in [0, 0.05) is 18.4 Å². The van der Waals surface area contributed by atoms with Gasteiger partial charge in [-0.25, -0.2) is 9.59 Å². The summed E-state index contributed by atoms with van der Waals surface area (Å²) in [7, 11) is 0. The van der Waals surface area contributed by atoms with Gasteiger partial charge < -0.3 is 19.7 Å². The molecule has 0 fully saturated rings. The lowest BCUT2D eigenvalue weighted by Gasteiger charge is -2.33. The van der Waals surface area contributed by atoms with Crippen molar-refractivity contribution in [2.45, 2.75) is 38.4 Å². The fourth-order valence-electron chi connectivity index (χ4n) is 1.98. The van der Waals surface area contributed by atoms with Crippen LogP contribution in [0.3, 0.4) is 0 Å². The number of carbonyl (C=O) groups is 2. The Morgan fingerprint density at radius 3 is 2.00 bits per heavy atom. The first-order valence-corrected chi connectivity index (χ1v) is 7.88. The molecule has 0 aliphatic carbocycles. The van der Waals surface area contributed by atoms with Crippen LogP contribution in [0.1, 0.15) is 26.3 Å². The van der Waals surface area contributed by atoms with Crippen molar-refractivity contribution in [1.29, 1.82) is 0 Å². The molecule has 0 atom stereocenters. The Morgan fingerprint density at radius 2 is 1.64 bits per heavy atom. The number of rotatable bonds is 7. The monoisotopic (exact) mass is 327 g/mol. The fourth-order valence-corrected chi connectivity index (χ4v) is 2.36. The van der Waals surface area contributed by atoms with Gasteiger partial charge in [0.15, 0.2) is 0 Å². The summed E-state index contributed by atoms with van der Waals surface area (Å²) in [6.07, 6.45) is 1.62. The minimum absolute atomic E-state index is 0.255. The lowest BCUT2D eigenvalue weighted by atomic mass is 9.93. The molecule has 0 saturated carbocycles. The number of hydrogen-bond donors (Lipinski definition) is 3. The van der Waals surface area contributed by atoms with E-state index in [0.717, 1.165) is 5.69 Å². The van der Waals surface area contributed by atoms with Crippen molar-refractivity contribution in [1.82, 2.24) is 0 Å². The van der Waals surface area contributed by atoms with Gasteiger partial charge >= 0.3 is 11.9 Å². The summed E-state index contributed by atoms with van der Waals surface area (Å²) in [6.45, 7) is 4.87. The summed E-state index contributed by atoms with van der Waals surface area (Å²) in [4.78, 5) is 23.2. The fraction of sp³-hybridized carbons (Fsp3) is 0.467. The zero-order valence-electron chi connectivity index (χ0n) is 13.0. The van der Waals surface area contributed by atoms with Gasteiger partial charge in [0.25, 0.3) is 5.60 Å². The van der Waals surface area contributed by atoms with Gasteiger partial charge in [-0.05, 0) is 38.5 Å². The molecule has 0 aliphatic heterocycles. The summed E-state index contributed by atoms with van der Waals surface area (Å²) in [5.41, 5.74) is -1.80. The van der Waals surface area contributed by atoms with Crippen LogP contribution in [-0.2, 0) is 20.7 Å². The quantitative estimate of drug-likeness (QED) is 0.523. The number of carboxylic acids is 2. The third-order valence-electron chi connectivity index (χ3n) is 2.80. The molecule has 22 heavy (non-hydrogen) atoms. The maximum atomic E-state index is 11.6. The van der Waals surface area contributed by atoms with Crippen LogP contribution >= 0.6 is 11.9 Å². The molecule has 6 nitrogen and oxygen atoms in total. The molecule has 122 valence electrons. The van der Waals surface area contributed by atoms with E-state index in [1.54, 1.807) is 45.0 Å². The van der Waals surface area contributed by atoms with Crippen LogP contribution in [0.15, 0.2) is 24.3 Å². The predicted molar refractivity (Wildman–Crippen MR) is 86.1 cm³/mol. The largest absolute Gasteiger partial charge is 0.479 e. The molecular weight excluding hydrogens is 306 g/mol. The zero-order valence-corrected chi connectivity index (χ0v) is 13.9. The summed E-state index contributed by atoms with van der Waals surface area (Å²) in [5.74, 6) is -3.03. The summed E-state index contributed by atoms with van der Waals surface area (Å²) in [6, 6.07) is 6.89. The third kappa shape index (κ3) is 4.64. The Kier molecular flexibility index (Phi) is 5.85. The highest BCUT2D eigenvalue weighted by atomic mass is 32.2. The second-order valence-electron chi connectivity index (χ2n) is 5.83. The van der Waals surface area contributed by atoms with Crippen molar-refractivity contribution < 1.29 is 24.5 Å². The highest BCUT2D eigenvalue weighted by Gasteiger charge is 2.50. The first-order chi connectivity index (χ1) is 10.1. The summed E-state index contributed by atoms with van der Waals surface area (Å²) >= 11 is 1.43. The molecule has 0 unspecified atom stereocenters. The van der Waals surface area contributed by atoms with Crippen molar-refractivity contribution in [3.8, 4) is 0 Å². The Hall–Kier alpha value is -1.73. The summed E-state index contributed by atoms with van der Waals surface area (Å²) < 4.78 is 8.45. The third-order valence-corrected chi connectivity index (χ3v) is 3.24. The van der Waals surface area contributed by atoms with Crippen molar-refractivity contribution in [2.75, 3.05) is 11.0 Å². The van der Waals surface area contributed by atoms with Crippen LogP contribution in [-0.4, -0.2) is 39.6 Å². The Morgan fingerprint density at radius 1 is 1.14 bits per heavy atom. The maximum Gasteiger partial charge on any atom is 0.348 e. The van der Waals surface area contributed by atoms with E-state index in [4.69, 9.17) is 4.74 Å². The topological polar surface area (TPSA) is 95.9 Å². The van der Waals surface area contributed by atoms with E-state index in [2.05, 4.69) is 4.72 Å². The van der Waals surface area contributed by atoms with Crippen LogP contribution in [0, 0.1) is 0 Å². The van der Waals surface area contributed by atoms with Crippen LogP contribution in [0.5, 0.6) is 0 Å². The standard InChI is InChI=1S/C15H21NO5S/c1-14(2,3)21-15(12(17)18,13(19)20)9-10-5-7-11(8-6-10)16-22-4/h5-8,16H,9H2,1-4H3,(H,17,18)(H,19,20). The first-order valence-electron chi connectivity index (χ1n) is 6.65. The first kappa shape index (κ1) is 18.3. The summed E-state index contributed by atoms with van der Waals surface area (Å²) in [5, 5.41) is 18.9. The van der Waals surface area contributed by atoms with Crippen LogP contribution in [0.2, 0.25) is 0 Å². The van der Waals surface area contributed by atoms with Crippen molar-refractivity contribution >= 4 is 29.6 Å². The van der Waals surface area contributed by atoms with Crippen molar-refractivity contribution in [3.63, 3.8) is 0 Å². The van der Waals surface area contributed by atoms with Crippen molar-refractivity contribution in [3.05, 3.63) is 29.8 Å². The second-order valence-corrected chi connectivity index (χ2v) is 6.44. The average molecular weight is 327 g/mol. The van der Waals surface area contributed by atoms with Gasteiger partial charge in [-0.15, -0.1) is 0 Å². The maximum absolute atomic E-state index is 11.6. The van der Waals surface area contributed by atoms with E-state index < -0.39 is 23.1 Å². The molecule has 0 aliphatic rings. The number of anilines is 1. The lowest BCUT2D eigenvalue weighted by molar-refractivity contribution is -0.199. The van der Waals surface area contributed by atoms with Gasteiger partial charge in [0.05, 0.1) is 5.60 Å². The Labute approximate surface area is 134 Å². The second kappa shape index (κ2) is 7.02. The number of nitrogens with one attached hydrogen (secondary N) is 1. The van der Waals surface area contributed by atoms with E-state index in [1.807, 2.05) is 6.26 Å². The number of carboxylic acid groups (broad SMARTS) is 2. The highest BCUT2D eigenvalue weighted by Crippen LogP contribution is 2.26. The Bertz CT molecular complexity index is 522. The lowest BCUT2D eigenvalue weighted by Crippen LogP contribution is -2.54. The van der Waals surface area contributed by atoms with E-state index in [9.17, 15) is 19.8 Å². The molecule has 1 aromatic rings. The molecule has 0 amide bonds. The molecule has 1 aromatic carbocycles. The minimum Gasteiger partial charge on any atom is -0.479 e. The molecule has 0 bridgehead atoms. The van der Waals surface area contributed by atoms with Crippen LogP contribution in [0.4, 0.5) is 5.69 Å². The number of ether oxygens (including phenoxy) is 1. The smallest absolute Gasteiger partial charge is 0.348 e. The number of aliphatic carboxylic acids is 2. The molecule has 0 spiro atoms. The van der Waals surface area contributed by atoms with Gasteiger partial charge in [0.1, 0.15) is 0 Å². The van der Waals surface area contributed by atoms with E-state index in [-0.39, 0.29) is 6.42 Å². The van der Waals surface area contributed by atoms with E-state index >= 15 is 0 Å². The molecule has 1 rings (SSSR count). The SMILES string of the molecule is CSNc1ccc(CC(OC(C)(C)C)(C(=O)O)C(=O)O)cc1. The molecule has 3 N–H and O–H groups in total. The number of benzene rings is 1. The van der Waals surface area contributed by atoms with Gasteiger partial charge in [0.2, 0.25) is 0 Å². The molecule has 0 heterocycles. The Balaban J connectivity index is 3.12. The number of hydrogen-bond acceptors (Lipinski definition) is 5. The molecule has 0 aromatic heterocycles. The van der Waals surface area contributed by atoms with Crippen LogP contribution in [0.25, 0.3) is 0 Å².